The number of H-pyrrole nitrogens is 1. The van der Waals surface area contributed by atoms with Crippen molar-refractivity contribution >= 4 is 12.0 Å². The van der Waals surface area contributed by atoms with Crippen molar-refractivity contribution in [3.8, 4) is 0 Å². The van der Waals surface area contributed by atoms with E-state index in [-0.39, 0.29) is 6.03 Å². The van der Waals surface area contributed by atoms with Gasteiger partial charge in [0.1, 0.15) is 0 Å². The number of carboxylic acid groups (broad SMARTS) is 1. The number of nitrogens with zero attached hydrogens (tertiary/aromatic N) is 2. The summed E-state index contributed by atoms with van der Waals surface area (Å²) in [5.74, 6) is -0.781. The number of piperidine rings is 1. The Balaban J connectivity index is 1.73. The van der Waals surface area contributed by atoms with Gasteiger partial charge in [0, 0.05) is 37.9 Å². The number of rotatable bonds is 4. The quantitative estimate of drug-likeness (QED) is 0.761. The van der Waals surface area contributed by atoms with Crippen LogP contribution in [0.15, 0.2) is 12.5 Å². The first-order valence-corrected chi connectivity index (χ1v) is 6.75. The van der Waals surface area contributed by atoms with Crippen LogP contribution >= 0.6 is 0 Å². The van der Waals surface area contributed by atoms with Crippen LogP contribution in [-0.2, 0) is 11.2 Å². The second-order valence-electron chi connectivity index (χ2n) is 5.41. The summed E-state index contributed by atoms with van der Waals surface area (Å²) in [6.45, 7) is 3.24. The van der Waals surface area contributed by atoms with Crippen molar-refractivity contribution in [1.82, 2.24) is 20.2 Å². The van der Waals surface area contributed by atoms with E-state index < -0.39 is 11.4 Å². The number of aromatic nitrogens is 2. The maximum atomic E-state index is 11.9. The standard InChI is InChI=1S/C13H20N4O3/c1-13(11(18)19)3-6-17(7-4-13)12(20)15-5-2-10-8-14-9-16-10/h8-9H,2-7H2,1H3,(H,14,16)(H,15,20)(H,18,19). The van der Waals surface area contributed by atoms with E-state index in [9.17, 15) is 9.59 Å². The van der Waals surface area contributed by atoms with Crippen LogP contribution < -0.4 is 5.32 Å². The zero-order valence-electron chi connectivity index (χ0n) is 11.6. The van der Waals surface area contributed by atoms with E-state index >= 15 is 0 Å². The molecule has 0 saturated carbocycles. The number of carbonyl (C=O) groups excluding carboxylic acids is 1. The molecule has 1 saturated heterocycles. The second kappa shape index (κ2) is 5.94. The number of imidazole rings is 1. The van der Waals surface area contributed by atoms with Crippen molar-refractivity contribution in [3.05, 3.63) is 18.2 Å². The van der Waals surface area contributed by atoms with E-state index in [0.29, 0.717) is 38.9 Å². The minimum absolute atomic E-state index is 0.128. The Hall–Kier alpha value is -2.05. The van der Waals surface area contributed by atoms with Gasteiger partial charge in [-0.3, -0.25) is 4.79 Å². The van der Waals surface area contributed by atoms with E-state index in [1.807, 2.05) is 0 Å². The number of hydrogen-bond donors (Lipinski definition) is 3. The molecule has 1 aromatic rings. The molecule has 0 bridgehead atoms. The molecule has 1 fully saturated rings. The molecule has 0 aliphatic carbocycles. The molecule has 1 aliphatic heterocycles. The molecule has 3 N–H and O–H groups in total. The Kier molecular flexibility index (Phi) is 4.26. The predicted molar refractivity (Wildman–Crippen MR) is 72.2 cm³/mol. The van der Waals surface area contributed by atoms with E-state index in [1.165, 1.54) is 0 Å². The molecule has 2 amide bonds. The van der Waals surface area contributed by atoms with Crippen molar-refractivity contribution in [1.29, 1.82) is 0 Å². The molecule has 2 rings (SSSR count). The van der Waals surface area contributed by atoms with Crippen LogP contribution in [0.3, 0.4) is 0 Å². The molecule has 7 nitrogen and oxygen atoms in total. The molecule has 0 unspecified atom stereocenters. The van der Waals surface area contributed by atoms with Gasteiger partial charge in [-0.1, -0.05) is 0 Å². The first-order chi connectivity index (χ1) is 9.51. The Morgan fingerprint density at radius 1 is 1.50 bits per heavy atom. The van der Waals surface area contributed by atoms with E-state index in [4.69, 9.17) is 5.11 Å². The van der Waals surface area contributed by atoms with Crippen LogP contribution in [0.25, 0.3) is 0 Å². The lowest BCUT2D eigenvalue weighted by molar-refractivity contribution is -0.150. The van der Waals surface area contributed by atoms with Crippen molar-refractivity contribution in [3.63, 3.8) is 0 Å². The number of likely N-dealkylation sites (tertiary alicyclic amines) is 1. The zero-order valence-corrected chi connectivity index (χ0v) is 11.6. The molecule has 1 aromatic heterocycles. The highest BCUT2D eigenvalue weighted by atomic mass is 16.4. The van der Waals surface area contributed by atoms with Gasteiger partial charge in [-0.25, -0.2) is 9.78 Å². The number of carbonyl (C=O) groups is 2. The fourth-order valence-corrected chi connectivity index (χ4v) is 2.25. The summed E-state index contributed by atoms with van der Waals surface area (Å²) in [5.41, 5.74) is 0.273. The normalized spacial score (nSPS) is 17.8. The maximum Gasteiger partial charge on any atom is 0.317 e. The first-order valence-electron chi connectivity index (χ1n) is 6.75. The summed E-state index contributed by atoms with van der Waals surface area (Å²) < 4.78 is 0. The largest absolute Gasteiger partial charge is 0.481 e. The van der Waals surface area contributed by atoms with Crippen LogP contribution in [-0.4, -0.2) is 51.6 Å². The maximum absolute atomic E-state index is 11.9. The molecule has 0 atom stereocenters. The molecular weight excluding hydrogens is 260 g/mol. The molecule has 1 aliphatic rings. The van der Waals surface area contributed by atoms with Crippen LogP contribution in [0.2, 0.25) is 0 Å². The highest BCUT2D eigenvalue weighted by molar-refractivity contribution is 5.76. The molecule has 0 aromatic carbocycles. The Morgan fingerprint density at radius 3 is 2.75 bits per heavy atom. The lowest BCUT2D eigenvalue weighted by atomic mass is 9.80. The number of aromatic amines is 1. The van der Waals surface area contributed by atoms with Gasteiger partial charge in [0.25, 0.3) is 0 Å². The summed E-state index contributed by atoms with van der Waals surface area (Å²) in [5, 5.41) is 12.0. The number of nitrogens with one attached hydrogen (secondary N) is 2. The van der Waals surface area contributed by atoms with Crippen molar-refractivity contribution < 1.29 is 14.7 Å². The van der Waals surface area contributed by atoms with Gasteiger partial charge >= 0.3 is 12.0 Å². The van der Waals surface area contributed by atoms with E-state index in [1.54, 1.807) is 24.3 Å². The molecule has 20 heavy (non-hydrogen) atoms. The van der Waals surface area contributed by atoms with Crippen LogP contribution in [0, 0.1) is 5.41 Å². The summed E-state index contributed by atoms with van der Waals surface area (Å²) in [6.07, 6.45) is 5.03. The molecule has 0 radical (unpaired) electrons. The lowest BCUT2D eigenvalue weighted by Gasteiger charge is -2.36. The van der Waals surface area contributed by atoms with Gasteiger partial charge in [-0.05, 0) is 19.8 Å². The number of urea groups is 1. The Bertz CT molecular complexity index is 464. The molecule has 7 heteroatoms. The molecule has 0 spiro atoms. The summed E-state index contributed by atoms with van der Waals surface area (Å²) in [6, 6.07) is -0.128. The van der Waals surface area contributed by atoms with Gasteiger partial charge in [0.2, 0.25) is 0 Å². The smallest absolute Gasteiger partial charge is 0.317 e. The fraction of sp³-hybridized carbons (Fsp3) is 0.615. The third kappa shape index (κ3) is 3.28. The molecular formula is C13H20N4O3. The average molecular weight is 280 g/mol. The number of carboxylic acids is 1. The highest BCUT2D eigenvalue weighted by Crippen LogP contribution is 2.30. The van der Waals surface area contributed by atoms with Crippen LogP contribution in [0.4, 0.5) is 4.79 Å². The molecule has 2 heterocycles. The van der Waals surface area contributed by atoms with Gasteiger partial charge < -0.3 is 20.3 Å². The van der Waals surface area contributed by atoms with Gasteiger partial charge in [-0.15, -0.1) is 0 Å². The summed E-state index contributed by atoms with van der Waals surface area (Å²) >= 11 is 0. The van der Waals surface area contributed by atoms with Crippen LogP contribution in [0.5, 0.6) is 0 Å². The van der Waals surface area contributed by atoms with Gasteiger partial charge in [0.05, 0.1) is 11.7 Å². The van der Waals surface area contributed by atoms with E-state index in [2.05, 4.69) is 15.3 Å². The topological polar surface area (TPSA) is 98.3 Å². The monoisotopic (exact) mass is 280 g/mol. The van der Waals surface area contributed by atoms with Gasteiger partial charge in [-0.2, -0.15) is 0 Å². The number of aliphatic carboxylic acids is 1. The number of amides is 2. The van der Waals surface area contributed by atoms with Crippen molar-refractivity contribution in [2.45, 2.75) is 26.2 Å². The minimum atomic E-state index is -0.781. The molecule has 110 valence electrons. The van der Waals surface area contributed by atoms with Gasteiger partial charge in [0.15, 0.2) is 0 Å². The zero-order chi connectivity index (χ0) is 14.6. The highest BCUT2D eigenvalue weighted by Gasteiger charge is 2.37. The van der Waals surface area contributed by atoms with Crippen molar-refractivity contribution in [2.24, 2.45) is 5.41 Å². The van der Waals surface area contributed by atoms with Crippen molar-refractivity contribution in [2.75, 3.05) is 19.6 Å². The summed E-state index contributed by atoms with van der Waals surface area (Å²) in [4.78, 5) is 31.6. The minimum Gasteiger partial charge on any atom is -0.481 e. The summed E-state index contributed by atoms with van der Waals surface area (Å²) in [7, 11) is 0. The first kappa shape index (κ1) is 14.4. The third-order valence-electron chi connectivity index (χ3n) is 3.90. The second-order valence-corrected chi connectivity index (χ2v) is 5.41. The van der Waals surface area contributed by atoms with Crippen LogP contribution in [0.1, 0.15) is 25.5 Å². The average Bonchev–Trinajstić information content (AvgIpc) is 2.92. The number of hydrogen-bond acceptors (Lipinski definition) is 3. The van der Waals surface area contributed by atoms with E-state index in [0.717, 1.165) is 5.69 Å². The third-order valence-corrected chi connectivity index (χ3v) is 3.90. The Labute approximate surface area is 117 Å². The Morgan fingerprint density at radius 2 is 2.20 bits per heavy atom. The fourth-order valence-electron chi connectivity index (χ4n) is 2.25. The SMILES string of the molecule is CC1(C(=O)O)CCN(C(=O)NCCc2cnc[nH]2)CC1. The lowest BCUT2D eigenvalue weighted by Crippen LogP contribution is -2.49. The predicted octanol–water partition coefficient (Wildman–Crippen LogP) is 0.848.